The van der Waals surface area contributed by atoms with Gasteiger partial charge in [0.2, 0.25) is 0 Å². The first kappa shape index (κ1) is 27.2. The zero-order chi connectivity index (χ0) is 25.5. The third kappa shape index (κ3) is 6.75. The van der Waals surface area contributed by atoms with E-state index in [4.69, 9.17) is 4.74 Å². The number of hydrogen-bond donors (Lipinski definition) is 0. The second-order valence-corrected chi connectivity index (χ2v) is 9.31. The highest BCUT2D eigenvalue weighted by atomic mass is 32.2. The van der Waals surface area contributed by atoms with E-state index in [1.165, 1.54) is 13.2 Å². The SMILES string of the molecule is CC/C(C)=C\c1ccc2c(c1)N(S(=O)(=O)c1cccc(C(F)(F)F)c1)CCO2.CCC(=O)OC. The van der Waals surface area contributed by atoms with Crippen LogP contribution in [0.4, 0.5) is 18.9 Å². The summed E-state index contributed by atoms with van der Waals surface area (Å²) >= 11 is 0. The zero-order valence-corrected chi connectivity index (χ0v) is 20.3. The fourth-order valence-electron chi connectivity index (χ4n) is 3.04. The normalized spacial score (nSPS) is 13.9. The Balaban J connectivity index is 0.000000604. The van der Waals surface area contributed by atoms with Gasteiger partial charge in [0.1, 0.15) is 12.4 Å². The summed E-state index contributed by atoms with van der Waals surface area (Å²) in [5, 5.41) is 0. The number of allylic oxidation sites excluding steroid dienone is 1. The van der Waals surface area contributed by atoms with Crippen molar-refractivity contribution in [3.63, 3.8) is 0 Å². The second kappa shape index (κ2) is 11.4. The molecule has 0 radical (unpaired) electrons. The molecule has 0 atom stereocenters. The lowest BCUT2D eigenvalue weighted by Gasteiger charge is -2.31. The van der Waals surface area contributed by atoms with Gasteiger partial charge in [-0.15, -0.1) is 0 Å². The molecule has 0 aliphatic carbocycles. The third-order valence-electron chi connectivity index (χ3n) is 5.04. The number of carbonyl (C=O) groups is 1. The Bertz CT molecular complexity index is 1140. The molecular weight excluding hydrogens is 471 g/mol. The molecule has 0 unspecified atom stereocenters. The molecule has 34 heavy (non-hydrogen) atoms. The van der Waals surface area contributed by atoms with Crippen LogP contribution in [-0.2, 0) is 25.7 Å². The number of nitrogens with zero attached hydrogens (tertiary/aromatic N) is 1. The van der Waals surface area contributed by atoms with E-state index in [-0.39, 0.29) is 19.1 Å². The highest BCUT2D eigenvalue weighted by molar-refractivity contribution is 7.92. The maximum Gasteiger partial charge on any atom is 0.416 e. The first-order valence-corrected chi connectivity index (χ1v) is 12.1. The number of ether oxygens (including phenoxy) is 2. The molecule has 2 aromatic carbocycles. The monoisotopic (exact) mass is 499 g/mol. The Morgan fingerprint density at radius 3 is 2.41 bits per heavy atom. The first-order chi connectivity index (χ1) is 15.9. The minimum atomic E-state index is -4.62. The molecule has 6 nitrogen and oxygen atoms in total. The van der Waals surface area contributed by atoms with Crippen LogP contribution < -0.4 is 9.04 Å². The van der Waals surface area contributed by atoms with Crippen LogP contribution in [0.15, 0.2) is 52.9 Å². The molecule has 2 aromatic rings. The molecule has 1 aliphatic rings. The number of carbonyl (C=O) groups excluding carboxylic acids is 1. The molecular formula is C24H28F3NO5S. The lowest BCUT2D eigenvalue weighted by atomic mass is 10.1. The van der Waals surface area contributed by atoms with Crippen molar-refractivity contribution in [3.8, 4) is 5.75 Å². The predicted octanol–water partition coefficient (Wildman–Crippen LogP) is 5.68. The highest BCUT2D eigenvalue weighted by Gasteiger charge is 2.34. The Hall–Kier alpha value is -3.01. The molecule has 0 amide bonds. The molecule has 0 spiro atoms. The van der Waals surface area contributed by atoms with Crippen LogP contribution >= 0.6 is 0 Å². The summed E-state index contributed by atoms with van der Waals surface area (Å²) in [6, 6.07) is 8.96. The van der Waals surface area contributed by atoms with E-state index in [2.05, 4.69) is 4.74 Å². The second-order valence-electron chi connectivity index (χ2n) is 7.45. The van der Waals surface area contributed by atoms with E-state index < -0.39 is 26.7 Å². The maximum absolute atomic E-state index is 13.1. The smallest absolute Gasteiger partial charge is 0.416 e. The maximum atomic E-state index is 13.1. The van der Waals surface area contributed by atoms with Gasteiger partial charge < -0.3 is 9.47 Å². The van der Waals surface area contributed by atoms with E-state index in [1.807, 2.05) is 26.0 Å². The predicted molar refractivity (Wildman–Crippen MR) is 124 cm³/mol. The van der Waals surface area contributed by atoms with Crippen molar-refractivity contribution in [3.05, 3.63) is 59.2 Å². The number of fused-ring (bicyclic) bond motifs is 1. The Morgan fingerprint density at radius 1 is 1.15 bits per heavy atom. The fraction of sp³-hybridized carbons (Fsp3) is 0.375. The number of hydrogen-bond acceptors (Lipinski definition) is 5. The number of benzene rings is 2. The van der Waals surface area contributed by atoms with Crippen molar-refractivity contribution in [1.29, 1.82) is 0 Å². The van der Waals surface area contributed by atoms with Gasteiger partial charge in [-0.3, -0.25) is 9.10 Å². The van der Waals surface area contributed by atoms with Gasteiger partial charge in [0.25, 0.3) is 10.0 Å². The van der Waals surface area contributed by atoms with Gasteiger partial charge in [-0.05, 0) is 49.2 Å². The lowest BCUT2D eigenvalue weighted by Crippen LogP contribution is -2.38. The number of alkyl halides is 3. The molecule has 0 fully saturated rings. The fourth-order valence-corrected chi connectivity index (χ4v) is 4.54. The molecule has 0 N–H and O–H groups in total. The average molecular weight is 500 g/mol. The first-order valence-electron chi connectivity index (χ1n) is 10.6. The van der Waals surface area contributed by atoms with Gasteiger partial charge in [0.15, 0.2) is 0 Å². The summed E-state index contributed by atoms with van der Waals surface area (Å²) < 4.78 is 76.2. The number of methoxy groups -OCH3 is 1. The zero-order valence-electron chi connectivity index (χ0n) is 19.5. The van der Waals surface area contributed by atoms with E-state index in [9.17, 15) is 26.4 Å². The number of esters is 1. The summed E-state index contributed by atoms with van der Waals surface area (Å²) in [5.41, 5.74) is 1.23. The van der Waals surface area contributed by atoms with Crippen molar-refractivity contribution in [2.75, 3.05) is 24.6 Å². The summed E-state index contributed by atoms with van der Waals surface area (Å²) in [6.07, 6.45) is -1.37. The number of anilines is 1. The van der Waals surface area contributed by atoms with Crippen molar-refractivity contribution in [1.82, 2.24) is 0 Å². The number of sulfonamides is 1. The average Bonchev–Trinajstić information content (AvgIpc) is 2.82. The van der Waals surface area contributed by atoms with Crippen molar-refractivity contribution in [2.24, 2.45) is 0 Å². The minimum Gasteiger partial charge on any atom is -0.489 e. The third-order valence-corrected chi connectivity index (χ3v) is 6.85. The molecule has 186 valence electrons. The summed E-state index contributed by atoms with van der Waals surface area (Å²) in [6.45, 7) is 5.87. The van der Waals surface area contributed by atoms with E-state index >= 15 is 0 Å². The summed E-state index contributed by atoms with van der Waals surface area (Å²) in [4.78, 5) is 9.56. The minimum absolute atomic E-state index is 0.0194. The van der Waals surface area contributed by atoms with Gasteiger partial charge in [-0.25, -0.2) is 8.42 Å². The highest BCUT2D eigenvalue weighted by Crippen LogP contribution is 2.38. The molecule has 3 rings (SSSR count). The molecule has 0 bridgehead atoms. The molecule has 0 saturated heterocycles. The van der Waals surface area contributed by atoms with Crippen LogP contribution in [0.3, 0.4) is 0 Å². The van der Waals surface area contributed by atoms with Gasteiger partial charge in [-0.2, -0.15) is 13.2 Å². The van der Waals surface area contributed by atoms with Crippen molar-refractivity contribution in [2.45, 2.75) is 44.7 Å². The molecule has 0 aromatic heterocycles. The summed E-state index contributed by atoms with van der Waals surface area (Å²) in [7, 11) is -2.80. The van der Waals surface area contributed by atoms with Crippen molar-refractivity contribution >= 4 is 27.8 Å². The molecule has 10 heteroatoms. The van der Waals surface area contributed by atoms with Gasteiger partial charge in [0.05, 0.1) is 29.8 Å². The Kier molecular flexibility index (Phi) is 9.14. The van der Waals surface area contributed by atoms with Gasteiger partial charge >= 0.3 is 12.1 Å². The van der Waals surface area contributed by atoms with Crippen molar-refractivity contribution < 1.29 is 35.9 Å². The number of halogens is 3. The van der Waals surface area contributed by atoms with E-state index in [0.717, 1.165) is 34.0 Å². The van der Waals surface area contributed by atoms with E-state index in [1.54, 1.807) is 19.1 Å². The van der Waals surface area contributed by atoms with Crippen LogP contribution in [0, 0.1) is 0 Å². The quantitative estimate of drug-likeness (QED) is 0.495. The molecule has 1 heterocycles. The molecule has 0 saturated carbocycles. The Labute approximate surface area is 198 Å². The van der Waals surface area contributed by atoms with Crippen LogP contribution in [0.5, 0.6) is 5.75 Å². The largest absolute Gasteiger partial charge is 0.489 e. The van der Waals surface area contributed by atoms with E-state index in [0.29, 0.717) is 23.9 Å². The standard InChI is InChI=1S/C20H20F3NO3S.C4H8O2/c1-3-14(2)11-15-7-8-19-18(12-15)24(9-10-27-19)28(25,26)17-6-4-5-16(13-17)20(21,22)23;1-3-4(5)6-2/h4-8,11-13H,3,9-10H2,1-2H3;3H2,1-2H3/b14-11-;. The van der Waals surface area contributed by atoms with Crippen LogP contribution in [-0.4, -0.2) is 34.6 Å². The molecule has 1 aliphatic heterocycles. The van der Waals surface area contributed by atoms with Gasteiger partial charge in [-0.1, -0.05) is 37.6 Å². The Morgan fingerprint density at radius 2 is 1.85 bits per heavy atom. The lowest BCUT2D eigenvalue weighted by molar-refractivity contribution is -0.140. The number of rotatable bonds is 5. The topological polar surface area (TPSA) is 72.9 Å². The van der Waals surface area contributed by atoms with Crippen LogP contribution in [0.1, 0.15) is 44.7 Å². The summed E-state index contributed by atoms with van der Waals surface area (Å²) in [5.74, 6) is 0.225. The van der Waals surface area contributed by atoms with Crippen LogP contribution in [0.2, 0.25) is 0 Å². The van der Waals surface area contributed by atoms with Crippen LogP contribution in [0.25, 0.3) is 6.08 Å². The van der Waals surface area contributed by atoms with Gasteiger partial charge in [0, 0.05) is 6.42 Å².